The van der Waals surface area contributed by atoms with Crippen molar-refractivity contribution >= 4 is 28.0 Å². The number of nitrogens with zero attached hydrogens (tertiary/aromatic N) is 3. The molecule has 2 rings (SSSR count). The van der Waals surface area contributed by atoms with Crippen molar-refractivity contribution in [1.29, 1.82) is 0 Å². The molecule has 6 heteroatoms. The standard InChI is InChI=1S/C11H16N4S2/c1-7(2)4-9-14-11(17-15-9)13-6-10-12-5-8(3)16-10/h5,7H,4,6H2,1-3H3,(H,13,14,15). The summed E-state index contributed by atoms with van der Waals surface area (Å²) in [6, 6.07) is 0. The largest absolute Gasteiger partial charge is 0.354 e. The summed E-state index contributed by atoms with van der Waals surface area (Å²) in [6.45, 7) is 7.14. The zero-order valence-corrected chi connectivity index (χ0v) is 11.9. The Morgan fingerprint density at radius 1 is 1.41 bits per heavy atom. The first-order valence-corrected chi connectivity index (χ1v) is 7.20. The summed E-state index contributed by atoms with van der Waals surface area (Å²) < 4.78 is 4.32. The Hall–Kier alpha value is -1.01. The van der Waals surface area contributed by atoms with Crippen LogP contribution >= 0.6 is 22.9 Å². The molecule has 17 heavy (non-hydrogen) atoms. The van der Waals surface area contributed by atoms with Crippen molar-refractivity contribution in [3.05, 3.63) is 21.9 Å². The highest BCUT2D eigenvalue weighted by molar-refractivity contribution is 7.11. The van der Waals surface area contributed by atoms with Gasteiger partial charge in [-0.25, -0.2) is 9.97 Å². The zero-order valence-electron chi connectivity index (χ0n) is 10.2. The molecule has 0 fully saturated rings. The fourth-order valence-corrected chi connectivity index (χ4v) is 2.73. The van der Waals surface area contributed by atoms with E-state index in [0.717, 1.165) is 28.9 Å². The fraction of sp³-hybridized carbons (Fsp3) is 0.545. The molecule has 0 spiro atoms. The number of hydrogen-bond donors (Lipinski definition) is 1. The number of aromatic nitrogens is 3. The Morgan fingerprint density at radius 3 is 2.88 bits per heavy atom. The van der Waals surface area contributed by atoms with Crippen molar-refractivity contribution in [2.24, 2.45) is 5.92 Å². The van der Waals surface area contributed by atoms with Crippen LogP contribution in [0.4, 0.5) is 5.13 Å². The molecule has 0 atom stereocenters. The number of nitrogens with one attached hydrogen (secondary N) is 1. The lowest BCUT2D eigenvalue weighted by atomic mass is 10.1. The van der Waals surface area contributed by atoms with E-state index in [2.05, 4.69) is 40.4 Å². The molecule has 2 aromatic rings. The second-order valence-electron chi connectivity index (χ2n) is 4.33. The smallest absolute Gasteiger partial charge is 0.202 e. The Balaban J connectivity index is 1.89. The van der Waals surface area contributed by atoms with Crippen LogP contribution in [0.25, 0.3) is 0 Å². The summed E-state index contributed by atoms with van der Waals surface area (Å²) in [4.78, 5) is 9.98. The zero-order chi connectivity index (χ0) is 12.3. The molecule has 0 unspecified atom stereocenters. The molecule has 92 valence electrons. The molecule has 0 aromatic carbocycles. The summed E-state index contributed by atoms with van der Waals surface area (Å²) in [5, 5.41) is 5.23. The first kappa shape index (κ1) is 12.4. The van der Waals surface area contributed by atoms with E-state index in [0.29, 0.717) is 5.92 Å². The quantitative estimate of drug-likeness (QED) is 0.905. The topological polar surface area (TPSA) is 50.7 Å². The maximum Gasteiger partial charge on any atom is 0.202 e. The van der Waals surface area contributed by atoms with Gasteiger partial charge in [-0.1, -0.05) is 13.8 Å². The van der Waals surface area contributed by atoms with Crippen molar-refractivity contribution in [1.82, 2.24) is 14.3 Å². The maximum atomic E-state index is 4.45. The normalized spacial score (nSPS) is 11.1. The van der Waals surface area contributed by atoms with Gasteiger partial charge in [0.15, 0.2) is 0 Å². The number of rotatable bonds is 5. The summed E-state index contributed by atoms with van der Waals surface area (Å²) in [6.07, 6.45) is 2.83. The van der Waals surface area contributed by atoms with E-state index < -0.39 is 0 Å². The van der Waals surface area contributed by atoms with Gasteiger partial charge in [0, 0.05) is 29.0 Å². The van der Waals surface area contributed by atoms with Gasteiger partial charge in [0.1, 0.15) is 10.8 Å². The molecule has 0 saturated heterocycles. The predicted octanol–water partition coefficient (Wildman–Crippen LogP) is 3.11. The summed E-state index contributed by atoms with van der Waals surface area (Å²) in [5.74, 6) is 1.53. The molecule has 4 nitrogen and oxygen atoms in total. The van der Waals surface area contributed by atoms with Crippen molar-refractivity contribution in [2.45, 2.75) is 33.7 Å². The van der Waals surface area contributed by atoms with Gasteiger partial charge in [-0.2, -0.15) is 4.37 Å². The van der Waals surface area contributed by atoms with Crippen LogP contribution in [-0.4, -0.2) is 14.3 Å². The lowest BCUT2D eigenvalue weighted by Crippen LogP contribution is -1.99. The van der Waals surface area contributed by atoms with Crippen molar-refractivity contribution < 1.29 is 0 Å². The number of anilines is 1. The third-order valence-corrected chi connectivity index (χ3v) is 3.74. The van der Waals surface area contributed by atoms with E-state index in [1.807, 2.05) is 6.20 Å². The predicted molar refractivity (Wildman–Crippen MR) is 72.6 cm³/mol. The minimum atomic E-state index is 0.596. The van der Waals surface area contributed by atoms with Crippen LogP contribution in [0.2, 0.25) is 0 Å². The van der Waals surface area contributed by atoms with E-state index in [9.17, 15) is 0 Å². The molecule has 0 radical (unpaired) electrons. The Kier molecular flexibility index (Phi) is 4.06. The SMILES string of the molecule is Cc1cnc(CNc2nc(CC(C)C)ns2)s1. The molecule has 0 aliphatic rings. The molecule has 1 N–H and O–H groups in total. The van der Waals surface area contributed by atoms with Crippen LogP contribution in [0, 0.1) is 12.8 Å². The average Bonchev–Trinajstić information content (AvgIpc) is 2.84. The molecule has 0 amide bonds. The van der Waals surface area contributed by atoms with Crippen LogP contribution in [0.3, 0.4) is 0 Å². The van der Waals surface area contributed by atoms with Crippen molar-refractivity contribution in [3.8, 4) is 0 Å². The van der Waals surface area contributed by atoms with Gasteiger partial charge in [-0.15, -0.1) is 11.3 Å². The van der Waals surface area contributed by atoms with E-state index in [-0.39, 0.29) is 0 Å². The molecule has 0 aliphatic heterocycles. The monoisotopic (exact) mass is 268 g/mol. The minimum Gasteiger partial charge on any atom is -0.354 e. The first-order valence-electron chi connectivity index (χ1n) is 5.61. The summed E-state index contributed by atoms with van der Waals surface area (Å²) >= 11 is 3.13. The van der Waals surface area contributed by atoms with Gasteiger partial charge in [-0.05, 0) is 12.8 Å². The van der Waals surface area contributed by atoms with Gasteiger partial charge >= 0.3 is 0 Å². The van der Waals surface area contributed by atoms with Gasteiger partial charge in [0.25, 0.3) is 0 Å². The molecule has 2 heterocycles. The van der Waals surface area contributed by atoms with Crippen LogP contribution in [0.15, 0.2) is 6.20 Å². The highest BCUT2D eigenvalue weighted by Crippen LogP contribution is 2.16. The van der Waals surface area contributed by atoms with E-state index >= 15 is 0 Å². The Bertz CT molecular complexity index is 475. The summed E-state index contributed by atoms with van der Waals surface area (Å²) in [7, 11) is 0. The second kappa shape index (κ2) is 5.55. The van der Waals surface area contributed by atoms with Gasteiger partial charge < -0.3 is 5.32 Å². The highest BCUT2D eigenvalue weighted by Gasteiger charge is 2.06. The molecular weight excluding hydrogens is 252 g/mol. The number of thiazole rings is 1. The molecule has 0 saturated carbocycles. The molecule has 0 bridgehead atoms. The third kappa shape index (κ3) is 3.74. The van der Waals surface area contributed by atoms with Gasteiger partial charge in [-0.3, -0.25) is 0 Å². The minimum absolute atomic E-state index is 0.596. The third-order valence-electron chi connectivity index (χ3n) is 2.12. The van der Waals surface area contributed by atoms with Crippen molar-refractivity contribution in [2.75, 3.05) is 5.32 Å². The van der Waals surface area contributed by atoms with Crippen molar-refractivity contribution in [3.63, 3.8) is 0 Å². The van der Waals surface area contributed by atoms with E-state index in [1.54, 1.807) is 11.3 Å². The van der Waals surface area contributed by atoms with Crippen LogP contribution in [0.1, 0.15) is 29.6 Å². The number of hydrogen-bond acceptors (Lipinski definition) is 6. The highest BCUT2D eigenvalue weighted by atomic mass is 32.1. The van der Waals surface area contributed by atoms with Crippen LogP contribution in [0.5, 0.6) is 0 Å². The van der Waals surface area contributed by atoms with Crippen LogP contribution in [-0.2, 0) is 13.0 Å². The molecule has 0 aliphatic carbocycles. The van der Waals surface area contributed by atoms with Crippen LogP contribution < -0.4 is 5.32 Å². The lowest BCUT2D eigenvalue weighted by Gasteiger charge is -1.98. The first-order chi connectivity index (χ1) is 8.13. The molecule has 2 aromatic heterocycles. The Morgan fingerprint density at radius 2 is 2.24 bits per heavy atom. The summed E-state index contributed by atoms with van der Waals surface area (Å²) in [5.41, 5.74) is 0. The van der Waals surface area contributed by atoms with E-state index in [1.165, 1.54) is 16.4 Å². The van der Waals surface area contributed by atoms with Gasteiger partial charge in [0.2, 0.25) is 5.13 Å². The number of aryl methyl sites for hydroxylation is 1. The maximum absolute atomic E-state index is 4.45. The van der Waals surface area contributed by atoms with E-state index in [4.69, 9.17) is 0 Å². The Labute approximate surface area is 109 Å². The molecular formula is C11H16N4S2. The second-order valence-corrected chi connectivity index (χ2v) is 6.40. The average molecular weight is 268 g/mol. The van der Waals surface area contributed by atoms with Gasteiger partial charge in [0.05, 0.1) is 6.54 Å². The lowest BCUT2D eigenvalue weighted by molar-refractivity contribution is 0.627. The fourth-order valence-electron chi connectivity index (χ4n) is 1.41.